The first-order chi connectivity index (χ1) is 38.5. The lowest BCUT2D eigenvalue weighted by Gasteiger charge is -2.18. The van der Waals surface area contributed by atoms with Crippen molar-refractivity contribution < 1.29 is 28.6 Å². The number of hydrogen-bond acceptors (Lipinski definition) is 6. The predicted molar refractivity (Wildman–Crippen MR) is 339 cm³/mol. The minimum atomic E-state index is -0.795. The van der Waals surface area contributed by atoms with Crippen molar-refractivity contribution in [3.05, 3.63) is 97.2 Å². The van der Waals surface area contributed by atoms with E-state index in [-0.39, 0.29) is 37.5 Å². The highest BCUT2D eigenvalue weighted by Gasteiger charge is 2.19. The van der Waals surface area contributed by atoms with Crippen LogP contribution in [0.15, 0.2) is 97.2 Å². The van der Waals surface area contributed by atoms with E-state index in [2.05, 4.69) is 118 Å². The van der Waals surface area contributed by atoms with E-state index in [9.17, 15) is 14.4 Å². The molecule has 0 aliphatic heterocycles. The third-order valence-electron chi connectivity index (χ3n) is 14.3. The van der Waals surface area contributed by atoms with E-state index >= 15 is 0 Å². The number of esters is 3. The van der Waals surface area contributed by atoms with Crippen molar-refractivity contribution in [2.75, 3.05) is 13.2 Å². The van der Waals surface area contributed by atoms with Crippen molar-refractivity contribution in [3.8, 4) is 0 Å². The number of rotatable bonds is 60. The normalized spacial score (nSPS) is 12.7. The molecule has 0 saturated carbocycles. The average molecular weight is 1090 g/mol. The minimum absolute atomic E-state index is 0.0894. The Balaban J connectivity index is 4.05. The largest absolute Gasteiger partial charge is 0.462 e. The Kier molecular flexibility index (Phi) is 62.7. The van der Waals surface area contributed by atoms with Gasteiger partial charge >= 0.3 is 17.9 Å². The lowest BCUT2D eigenvalue weighted by Crippen LogP contribution is -2.30. The topological polar surface area (TPSA) is 78.9 Å². The Morgan fingerprint density at radius 1 is 0.269 bits per heavy atom. The summed E-state index contributed by atoms with van der Waals surface area (Å²) in [5.74, 6) is -0.921. The van der Waals surface area contributed by atoms with Crippen molar-refractivity contribution in [2.24, 2.45) is 0 Å². The van der Waals surface area contributed by atoms with Gasteiger partial charge < -0.3 is 14.2 Å². The zero-order valence-corrected chi connectivity index (χ0v) is 51.4. The highest BCUT2D eigenvalue weighted by molar-refractivity contribution is 5.71. The second-order valence-corrected chi connectivity index (χ2v) is 22.0. The van der Waals surface area contributed by atoms with Crippen LogP contribution in [0.4, 0.5) is 0 Å². The molecule has 0 aliphatic rings. The molecule has 0 fully saturated rings. The van der Waals surface area contributed by atoms with Crippen LogP contribution in [-0.4, -0.2) is 37.2 Å². The van der Waals surface area contributed by atoms with Crippen LogP contribution in [0.1, 0.15) is 323 Å². The van der Waals surface area contributed by atoms with E-state index < -0.39 is 6.10 Å². The molecule has 0 rings (SSSR count). The van der Waals surface area contributed by atoms with Crippen LogP contribution in [0.2, 0.25) is 0 Å². The molecule has 0 saturated heterocycles. The second kappa shape index (κ2) is 65.8. The van der Waals surface area contributed by atoms with Gasteiger partial charge in [-0.15, -0.1) is 0 Å². The van der Waals surface area contributed by atoms with Crippen molar-refractivity contribution in [2.45, 2.75) is 329 Å². The average Bonchev–Trinajstić information content (AvgIpc) is 3.44. The summed E-state index contributed by atoms with van der Waals surface area (Å²) in [5, 5.41) is 0. The first-order valence-corrected chi connectivity index (χ1v) is 33.2. The van der Waals surface area contributed by atoms with Crippen LogP contribution in [-0.2, 0) is 28.6 Å². The number of carbonyl (C=O) groups is 3. The molecular weight excluding hydrogens is 961 g/mol. The molecular formula is C72H124O6. The molecule has 6 nitrogen and oxygen atoms in total. The summed E-state index contributed by atoms with van der Waals surface area (Å²) in [7, 11) is 0. The van der Waals surface area contributed by atoms with E-state index in [0.29, 0.717) is 19.3 Å². The Hall–Kier alpha value is -3.67. The molecule has 448 valence electrons. The number of carbonyl (C=O) groups excluding carboxylic acids is 3. The fourth-order valence-electron chi connectivity index (χ4n) is 9.43. The highest BCUT2D eigenvalue weighted by Crippen LogP contribution is 2.17. The monoisotopic (exact) mass is 1080 g/mol. The summed E-state index contributed by atoms with van der Waals surface area (Å²) in [4.78, 5) is 38.1. The molecule has 0 aromatic rings. The maximum absolute atomic E-state index is 12.8. The molecule has 0 heterocycles. The second-order valence-electron chi connectivity index (χ2n) is 22.0. The number of ether oxygens (including phenoxy) is 3. The van der Waals surface area contributed by atoms with Gasteiger partial charge in [0.15, 0.2) is 6.10 Å². The first kappa shape index (κ1) is 74.3. The standard InChI is InChI=1S/C72H124O6/c1-4-7-10-13-16-19-22-24-26-27-28-29-30-31-32-33-34-35-36-37-38-39-40-41-42-43-44-45-47-48-50-53-56-59-62-65-71(74)77-68-69(67-76-70(73)64-61-58-55-52-21-18-15-12-9-6-3)78-72(75)66-63-60-57-54-51-49-46-25-23-20-17-14-11-8-5-2/h7-8,10-11,16-17,19-20,24-26,28-29,46,51,54,69H,4-6,9,12-15,18,21-23,27,30-45,47-50,52-53,55-68H2,1-3H3/b10-7-,11-8-,19-16-,20-17-,26-24-,29-28-,46-25-,54-51-. The van der Waals surface area contributed by atoms with Crippen molar-refractivity contribution in [3.63, 3.8) is 0 Å². The zero-order chi connectivity index (χ0) is 56.4. The van der Waals surface area contributed by atoms with Crippen molar-refractivity contribution in [1.29, 1.82) is 0 Å². The molecule has 0 spiro atoms. The van der Waals surface area contributed by atoms with Crippen LogP contribution < -0.4 is 0 Å². The predicted octanol–water partition coefficient (Wildman–Crippen LogP) is 22.8. The SMILES string of the molecule is CC/C=C\C/C=C\C/C=C\C/C=C\CCCCCCCCCCCCCCCCCCCCCCCCC(=O)OCC(COC(=O)CCCCCCCCCCCC)OC(=O)CCCC/C=C\C/C=C\C/C=C\C/C=C\CC. The van der Waals surface area contributed by atoms with Gasteiger partial charge in [0.05, 0.1) is 0 Å². The van der Waals surface area contributed by atoms with E-state index in [0.717, 1.165) is 103 Å². The van der Waals surface area contributed by atoms with Gasteiger partial charge in [-0.1, -0.05) is 304 Å². The van der Waals surface area contributed by atoms with Gasteiger partial charge in [0.25, 0.3) is 0 Å². The molecule has 1 atom stereocenters. The maximum Gasteiger partial charge on any atom is 0.306 e. The smallest absolute Gasteiger partial charge is 0.306 e. The van der Waals surface area contributed by atoms with E-state index in [1.807, 2.05) is 0 Å². The summed E-state index contributed by atoms with van der Waals surface area (Å²) in [6.45, 7) is 6.39. The summed E-state index contributed by atoms with van der Waals surface area (Å²) in [6, 6.07) is 0. The number of hydrogen-bond donors (Lipinski definition) is 0. The van der Waals surface area contributed by atoms with Crippen LogP contribution in [0, 0.1) is 0 Å². The van der Waals surface area contributed by atoms with Gasteiger partial charge in [-0.2, -0.15) is 0 Å². The van der Waals surface area contributed by atoms with Gasteiger partial charge in [0.2, 0.25) is 0 Å². The minimum Gasteiger partial charge on any atom is -0.462 e. The van der Waals surface area contributed by atoms with Crippen molar-refractivity contribution >= 4 is 17.9 Å². The molecule has 0 bridgehead atoms. The Morgan fingerprint density at radius 3 is 0.808 bits per heavy atom. The van der Waals surface area contributed by atoms with Crippen LogP contribution >= 0.6 is 0 Å². The molecule has 78 heavy (non-hydrogen) atoms. The summed E-state index contributed by atoms with van der Waals surface area (Å²) < 4.78 is 16.8. The van der Waals surface area contributed by atoms with Crippen molar-refractivity contribution in [1.82, 2.24) is 0 Å². The third-order valence-corrected chi connectivity index (χ3v) is 14.3. The zero-order valence-electron chi connectivity index (χ0n) is 51.4. The fourth-order valence-corrected chi connectivity index (χ4v) is 9.43. The van der Waals surface area contributed by atoms with Crippen LogP contribution in [0.3, 0.4) is 0 Å². The molecule has 0 aliphatic carbocycles. The molecule has 0 amide bonds. The summed E-state index contributed by atoms with van der Waals surface area (Å²) >= 11 is 0. The van der Waals surface area contributed by atoms with Crippen LogP contribution in [0.25, 0.3) is 0 Å². The maximum atomic E-state index is 12.8. The van der Waals surface area contributed by atoms with E-state index in [1.165, 1.54) is 173 Å². The van der Waals surface area contributed by atoms with Gasteiger partial charge in [0, 0.05) is 19.3 Å². The first-order valence-electron chi connectivity index (χ1n) is 33.2. The lowest BCUT2D eigenvalue weighted by molar-refractivity contribution is -0.167. The Labute approximate surface area is 483 Å². The highest BCUT2D eigenvalue weighted by atomic mass is 16.6. The van der Waals surface area contributed by atoms with Crippen LogP contribution in [0.5, 0.6) is 0 Å². The number of unbranched alkanes of at least 4 members (excludes halogenated alkanes) is 33. The van der Waals surface area contributed by atoms with Gasteiger partial charge in [-0.05, 0) is 96.3 Å². The quantitative estimate of drug-likeness (QED) is 0.0261. The third kappa shape index (κ3) is 63.2. The molecule has 1 unspecified atom stereocenters. The lowest BCUT2D eigenvalue weighted by atomic mass is 10.0. The van der Waals surface area contributed by atoms with E-state index in [4.69, 9.17) is 14.2 Å². The molecule has 0 radical (unpaired) electrons. The Bertz CT molecular complexity index is 1530. The van der Waals surface area contributed by atoms with Gasteiger partial charge in [-0.25, -0.2) is 0 Å². The molecule has 6 heteroatoms. The van der Waals surface area contributed by atoms with E-state index in [1.54, 1.807) is 0 Å². The fraction of sp³-hybridized carbons (Fsp3) is 0.736. The van der Waals surface area contributed by atoms with Gasteiger partial charge in [-0.3, -0.25) is 14.4 Å². The summed E-state index contributed by atoms with van der Waals surface area (Å²) in [5.41, 5.74) is 0. The van der Waals surface area contributed by atoms with Gasteiger partial charge in [0.1, 0.15) is 13.2 Å². The Morgan fingerprint density at radius 2 is 0.500 bits per heavy atom. The summed E-state index contributed by atoms with van der Waals surface area (Å²) in [6.07, 6.45) is 88.9. The molecule has 0 N–H and O–H groups in total. The molecule has 0 aromatic heterocycles. The molecule has 0 aromatic carbocycles. The number of allylic oxidation sites excluding steroid dienone is 16.